The molecule has 0 unspecified atom stereocenters. The smallest absolute Gasteiger partial charge is 0.253 e. The van der Waals surface area contributed by atoms with Crippen LogP contribution in [0, 0.1) is 5.41 Å². The Hall–Kier alpha value is -3.46. The third kappa shape index (κ3) is 6.63. The number of nitrogens with zero attached hydrogens (tertiary/aromatic N) is 4. The number of pyridine rings is 1. The van der Waals surface area contributed by atoms with Crippen LogP contribution in [-0.4, -0.2) is 78.1 Å². The second-order valence-corrected chi connectivity index (χ2v) is 11.0. The number of benzene rings is 2. The Labute approximate surface area is 244 Å². The third-order valence-corrected chi connectivity index (χ3v) is 8.19. The lowest BCUT2D eigenvalue weighted by molar-refractivity contribution is 0.0610. The van der Waals surface area contributed by atoms with Crippen LogP contribution in [-0.2, 0) is 6.54 Å². The Morgan fingerprint density at radius 1 is 0.925 bits per heavy atom. The number of aromatic nitrogens is 1. The van der Waals surface area contributed by atoms with E-state index in [4.69, 9.17) is 28.6 Å². The molecule has 0 radical (unpaired) electrons. The van der Waals surface area contributed by atoms with Gasteiger partial charge < -0.3 is 20.5 Å². The lowest BCUT2D eigenvalue weighted by Gasteiger charge is -2.43. The fourth-order valence-electron chi connectivity index (χ4n) is 5.31. The first-order chi connectivity index (χ1) is 19.4. The summed E-state index contributed by atoms with van der Waals surface area (Å²) >= 11 is 12.5. The van der Waals surface area contributed by atoms with Crippen LogP contribution < -0.4 is 10.2 Å². The first-order valence-electron chi connectivity index (χ1n) is 13.5. The van der Waals surface area contributed by atoms with Gasteiger partial charge in [-0.2, -0.15) is 0 Å². The Kier molecular flexibility index (Phi) is 8.99. The molecule has 2 amide bonds. The molecule has 10 heteroatoms. The van der Waals surface area contributed by atoms with Crippen molar-refractivity contribution in [2.75, 3.05) is 44.2 Å². The number of piperidine rings is 1. The molecule has 2 aliphatic rings. The molecular formula is C30H32Cl2N6O2. The normalized spacial score (nSPS) is 16.6. The van der Waals surface area contributed by atoms with Crippen molar-refractivity contribution >= 4 is 47.0 Å². The van der Waals surface area contributed by atoms with E-state index in [-0.39, 0.29) is 11.8 Å². The number of nitrogens with one attached hydrogen (secondary N) is 2. The van der Waals surface area contributed by atoms with Crippen molar-refractivity contribution in [2.45, 2.75) is 25.4 Å². The lowest BCUT2D eigenvalue weighted by Crippen LogP contribution is -2.54. The number of anilines is 1. The van der Waals surface area contributed by atoms with E-state index in [1.807, 2.05) is 17.0 Å². The molecule has 2 saturated heterocycles. The lowest BCUT2D eigenvalue weighted by atomic mass is 10.0. The summed E-state index contributed by atoms with van der Waals surface area (Å²) in [5, 5.41) is 11.3. The molecule has 208 valence electrons. The average Bonchev–Trinajstić information content (AvgIpc) is 3.00. The van der Waals surface area contributed by atoms with E-state index in [0.29, 0.717) is 39.6 Å². The molecule has 2 aromatic carbocycles. The van der Waals surface area contributed by atoms with Crippen molar-refractivity contribution in [2.24, 2.45) is 0 Å². The van der Waals surface area contributed by atoms with Crippen molar-refractivity contribution in [1.82, 2.24) is 20.1 Å². The molecule has 0 saturated carbocycles. The molecular weight excluding hydrogens is 547 g/mol. The number of likely N-dealkylation sites (tertiary alicyclic amines) is 1. The Bertz CT molecular complexity index is 1350. The molecule has 0 aliphatic carbocycles. The number of amides is 2. The fraction of sp³-hybridized carbons (Fsp3) is 0.333. The minimum absolute atomic E-state index is 0.0580. The molecule has 5 rings (SSSR count). The van der Waals surface area contributed by atoms with Gasteiger partial charge in [-0.25, -0.2) is 4.98 Å². The fourth-order valence-corrected chi connectivity index (χ4v) is 5.72. The summed E-state index contributed by atoms with van der Waals surface area (Å²) in [4.78, 5) is 36.7. The van der Waals surface area contributed by atoms with Crippen molar-refractivity contribution < 1.29 is 9.59 Å². The number of rotatable bonds is 7. The molecule has 3 heterocycles. The second kappa shape index (κ2) is 12.8. The standard InChI is InChI=1S/C30H32Cl2N6O2/c31-25-7-3-22(4-8-25)19-35-29(39)24-17-27(32)28(34-20-24)37-15-13-36(14-16-37)26-9-11-38(12-10-26)30(40)23-5-1-21(18-33)2-6-23/h1-8,17-18,20,26,33H,9-16,19H2,(H,35,39). The van der Waals surface area contributed by atoms with Crippen molar-refractivity contribution in [3.05, 3.63) is 93.1 Å². The monoisotopic (exact) mass is 578 g/mol. The third-order valence-electron chi connectivity index (χ3n) is 7.66. The van der Waals surface area contributed by atoms with Gasteiger partial charge in [0.25, 0.3) is 11.8 Å². The summed E-state index contributed by atoms with van der Waals surface area (Å²) < 4.78 is 0. The van der Waals surface area contributed by atoms with Gasteiger partial charge in [0.05, 0.1) is 10.6 Å². The summed E-state index contributed by atoms with van der Waals surface area (Å²) in [6.07, 6.45) is 4.76. The van der Waals surface area contributed by atoms with Crippen LogP contribution in [0.2, 0.25) is 10.0 Å². The zero-order valence-electron chi connectivity index (χ0n) is 22.2. The number of carbonyl (C=O) groups excluding carboxylic acids is 2. The van der Waals surface area contributed by atoms with E-state index >= 15 is 0 Å². The Balaban J connectivity index is 1.09. The van der Waals surface area contributed by atoms with Crippen molar-refractivity contribution in [1.29, 1.82) is 5.41 Å². The highest BCUT2D eigenvalue weighted by Crippen LogP contribution is 2.27. The van der Waals surface area contributed by atoms with E-state index in [1.165, 1.54) is 6.21 Å². The van der Waals surface area contributed by atoms with Crippen LogP contribution in [0.1, 0.15) is 44.7 Å². The Morgan fingerprint density at radius 3 is 2.23 bits per heavy atom. The summed E-state index contributed by atoms with van der Waals surface area (Å²) in [5.74, 6) is 0.529. The highest BCUT2D eigenvalue weighted by Gasteiger charge is 2.30. The molecule has 0 spiro atoms. The van der Waals surface area contributed by atoms with Gasteiger partial charge in [-0.3, -0.25) is 14.5 Å². The molecule has 1 aromatic heterocycles. The minimum Gasteiger partial charge on any atom is -0.353 e. The maximum Gasteiger partial charge on any atom is 0.253 e. The highest BCUT2D eigenvalue weighted by molar-refractivity contribution is 6.33. The predicted molar refractivity (Wildman–Crippen MR) is 159 cm³/mol. The number of hydrogen-bond donors (Lipinski definition) is 2. The molecule has 40 heavy (non-hydrogen) atoms. The summed E-state index contributed by atoms with van der Waals surface area (Å²) in [6, 6.07) is 16.7. The number of halogens is 2. The molecule has 2 fully saturated rings. The van der Waals surface area contributed by atoms with Crippen molar-refractivity contribution in [3.63, 3.8) is 0 Å². The zero-order valence-corrected chi connectivity index (χ0v) is 23.7. The topological polar surface area (TPSA) is 92.6 Å². The van der Waals surface area contributed by atoms with Gasteiger partial charge in [-0.1, -0.05) is 47.5 Å². The number of piperazine rings is 1. The van der Waals surface area contributed by atoms with Crippen LogP contribution in [0.3, 0.4) is 0 Å². The van der Waals surface area contributed by atoms with Crippen molar-refractivity contribution in [3.8, 4) is 0 Å². The first kappa shape index (κ1) is 28.1. The maximum absolute atomic E-state index is 12.9. The van der Waals surface area contributed by atoms with Gasteiger partial charge in [0.15, 0.2) is 0 Å². The van der Waals surface area contributed by atoms with Gasteiger partial charge in [0, 0.05) is 74.9 Å². The molecule has 2 aliphatic heterocycles. The predicted octanol–water partition coefficient (Wildman–Crippen LogP) is 4.74. The maximum atomic E-state index is 12.9. The van der Waals surface area contributed by atoms with E-state index in [1.54, 1.807) is 48.7 Å². The van der Waals surface area contributed by atoms with Crippen LogP contribution in [0.25, 0.3) is 0 Å². The van der Waals surface area contributed by atoms with Crippen LogP contribution in [0.15, 0.2) is 60.8 Å². The SMILES string of the molecule is N=Cc1ccc(C(=O)N2CCC(N3CCN(c4ncc(C(=O)NCc5ccc(Cl)cc5)cc4Cl)CC3)CC2)cc1. The molecule has 3 aromatic rings. The second-order valence-electron chi connectivity index (χ2n) is 10.2. The van der Waals surface area contributed by atoms with Gasteiger partial charge in [0.2, 0.25) is 0 Å². The summed E-state index contributed by atoms with van der Waals surface area (Å²) in [7, 11) is 0. The van der Waals surface area contributed by atoms with Gasteiger partial charge in [0.1, 0.15) is 5.82 Å². The number of carbonyl (C=O) groups is 2. The number of hydrogen-bond acceptors (Lipinski definition) is 6. The summed E-state index contributed by atoms with van der Waals surface area (Å²) in [5.41, 5.74) is 2.84. The minimum atomic E-state index is -0.228. The molecule has 0 atom stereocenters. The first-order valence-corrected chi connectivity index (χ1v) is 14.2. The highest BCUT2D eigenvalue weighted by atomic mass is 35.5. The summed E-state index contributed by atoms with van der Waals surface area (Å²) in [6.45, 7) is 5.26. The zero-order chi connectivity index (χ0) is 28.1. The average molecular weight is 580 g/mol. The van der Waals surface area contributed by atoms with Gasteiger partial charge in [-0.05, 0) is 54.3 Å². The van der Waals surface area contributed by atoms with Crippen LogP contribution in [0.4, 0.5) is 5.82 Å². The van der Waals surface area contributed by atoms with Crippen LogP contribution in [0.5, 0.6) is 0 Å². The van der Waals surface area contributed by atoms with E-state index in [0.717, 1.165) is 63.2 Å². The van der Waals surface area contributed by atoms with Crippen LogP contribution >= 0.6 is 23.2 Å². The quantitative estimate of drug-likeness (QED) is 0.395. The largest absolute Gasteiger partial charge is 0.353 e. The van der Waals surface area contributed by atoms with E-state index in [9.17, 15) is 9.59 Å². The molecule has 8 nitrogen and oxygen atoms in total. The molecule has 2 N–H and O–H groups in total. The Morgan fingerprint density at radius 2 is 1.60 bits per heavy atom. The van der Waals surface area contributed by atoms with Gasteiger partial charge >= 0.3 is 0 Å². The van der Waals surface area contributed by atoms with E-state index < -0.39 is 0 Å². The van der Waals surface area contributed by atoms with Gasteiger partial charge in [-0.15, -0.1) is 0 Å². The molecule has 0 bridgehead atoms. The van der Waals surface area contributed by atoms with E-state index in [2.05, 4.69) is 20.1 Å².